The molecular formula is C15H14BrClFN3O3S2. The van der Waals surface area contributed by atoms with Gasteiger partial charge in [-0.05, 0) is 52.7 Å². The summed E-state index contributed by atoms with van der Waals surface area (Å²) in [5, 5.41) is 2.01. The molecule has 1 unspecified atom stereocenters. The molecule has 11 heteroatoms. The van der Waals surface area contributed by atoms with E-state index in [1.807, 2.05) is 0 Å². The lowest BCUT2D eigenvalue weighted by atomic mass is 10.1. The van der Waals surface area contributed by atoms with E-state index < -0.39 is 40.4 Å². The van der Waals surface area contributed by atoms with Crippen molar-refractivity contribution in [1.82, 2.24) is 9.03 Å². The number of rotatable bonds is 3. The fraction of sp³-hybridized carbons (Fsp3) is 0.267. The van der Waals surface area contributed by atoms with Crippen LogP contribution in [0, 0.1) is 5.82 Å². The summed E-state index contributed by atoms with van der Waals surface area (Å²) in [7, 11) is -3.50. The summed E-state index contributed by atoms with van der Waals surface area (Å²) in [6, 6.07) is 1.29. The van der Waals surface area contributed by atoms with Crippen molar-refractivity contribution >= 4 is 60.7 Å². The van der Waals surface area contributed by atoms with Gasteiger partial charge in [0.1, 0.15) is 11.8 Å². The first-order valence-electron chi connectivity index (χ1n) is 8.62. The molecule has 1 fully saturated rings. The van der Waals surface area contributed by atoms with Crippen LogP contribution in [0.4, 0.5) is 10.1 Å². The Bertz CT molecular complexity index is 1090. The van der Waals surface area contributed by atoms with Crippen molar-refractivity contribution in [2.75, 3.05) is 12.4 Å². The maximum Gasteiger partial charge on any atom is 0.280 e. The summed E-state index contributed by atoms with van der Waals surface area (Å²) in [5.41, 5.74) is 0.0130. The first-order chi connectivity index (χ1) is 13.3. The van der Waals surface area contributed by atoms with Crippen molar-refractivity contribution in [3.05, 3.63) is 49.8 Å². The van der Waals surface area contributed by atoms with Gasteiger partial charge < -0.3 is 5.32 Å². The lowest BCUT2D eigenvalue weighted by Crippen LogP contribution is -2.55. The highest BCUT2D eigenvalue weighted by Gasteiger charge is 2.41. The third kappa shape index (κ3) is 4.10. The third-order valence-corrected chi connectivity index (χ3v) is 6.81. The molecule has 1 aromatic carbocycles. The van der Waals surface area contributed by atoms with Crippen LogP contribution in [0.25, 0.3) is 0 Å². The van der Waals surface area contributed by atoms with E-state index in [-0.39, 0.29) is 15.6 Å². The van der Waals surface area contributed by atoms with E-state index in [0.29, 0.717) is 8.09 Å². The summed E-state index contributed by atoms with van der Waals surface area (Å²) in [5.74, 6) is -1.90. The quantitative estimate of drug-likeness (QED) is 0.698. The second kappa shape index (κ2) is 7.53. The number of carbonyl (C=O) groups is 1. The Kier molecular flexibility index (Phi) is 4.62. The molecule has 0 aliphatic carbocycles. The van der Waals surface area contributed by atoms with E-state index >= 15 is 0 Å². The van der Waals surface area contributed by atoms with Gasteiger partial charge in [-0.25, -0.2) is 4.39 Å². The summed E-state index contributed by atoms with van der Waals surface area (Å²) >= 11 is 9.91. The summed E-state index contributed by atoms with van der Waals surface area (Å²) < 4.78 is 67.4. The molecule has 0 radical (unpaired) electrons. The van der Waals surface area contributed by atoms with Gasteiger partial charge in [0.05, 0.1) is 17.6 Å². The lowest BCUT2D eigenvalue weighted by molar-refractivity contribution is -0.120. The predicted octanol–water partition coefficient (Wildman–Crippen LogP) is 3.52. The van der Waals surface area contributed by atoms with Gasteiger partial charge in [0.25, 0.3) is 10.2 Å². The van der Waals surface area contributed by atoms with Crippen molar-refractivity contribution < 1.29 is 21.7 Å². The number of amides is 1. The molecule has 1 amide bonds. The van der Waals surface area contributed by atoms with Crippen LogP contribution in [-0.4, -0.2) is 31.7 Å². The number of carbonyl (C=O) groups excluding carboxylic acids is 1. The Labute approximate surface area is 171 Å². The molecular weight excluding hydrogens is 469 g/mol. The number of benzene rings is 1. The first kappa shape index (κ1) is 16.0. The molecule has 1 saturated heterocycles. The van der Waals surface area contributed by atoms with Gasteiger partial charge in [0, 0.05) is 19.0 Å². The minimum absolute atomic E-state index is 0.0130. The molecule has 140 valence electrons. The van der Waals surface area contributed by atoms with Gasteiger partial charge in [-0.2, -0.15) is 17.4 Å². The van der Waals surface area contributed by atoms with Gasteiger partial charge in [0.15, 0.2) is 0 Å². The highest BCUT2D eigenvalue weighted by Crippen LogP contribution is 2.34. The monoisotopic (exact) mass is 484 g/mol. The van der Waals surface area contributed by atoms with E-state index in [0.717, 1.165) is 30.5 Å². The molecule has 2 heterocycles. The van der Waals surface area contributed by atoms with Crippen molar-refractivity contribution in [3.8, 4) is 0 Å². The van der Waals surface area contributed by atoms with Crippen LogP contribution < -0.4 is 10.0 Å². The van der Waals surface area contributed by atoms with Gasteiger partial charge in [-0.15, -0.1) is 11.3 Å². The van der Waals surface area contributed by atoms with Crippen molar-refractivity contribution in [3.63, 3.8) is 0 Å². The average Bonchev–Trinajstić information content (AvgIpc) is 3.08. The molecule has 0 saturated carbocycles. The van der Waals surface area contributed by atoms with E-state index in [2.05, 4.69) is 26.0 Å². The number of halogens is 3. The van der Waals surface area contributed by atoms with E-state index in [9.17, 15) is 17.6 Å². The average molecular weight is 486 g/mol. The Morgan fingerprint density at radius 2 is 2.27 bits per heavy atom. The van der Waals surface area contributed by atoms with Crippen LogP contribution >= 0.6 is 38.9 Å². The predicted molar refractivity (Wildman–Crippen MR) is 103 cm³/mol. The Morgan fingerprint density at radius 3 is 2.88 bits per heavy atom. The standard InChI is InChI=1S/C15H14BrClFN3O3S2/c1-21-12(15(22)19-8-2-3-10(18)9(17)6-8)7-11(20-26(21,23)24)13-4-5-14(16)25-13/h2-6,11-12,20H,7H2,1H3,(H,19,22)/t11-,12+/m0/s1/i7D,11D,12D/t7?,11-,12+. The van der Waals surface area contributed by atoms with Gasteiger partial charge >= 0.3 is 0 Å². The van der Waals surface area contributed by atoms with Crippen molar-refractivity contribution in [2.45, 2.75) is 18.4 Å². The smallest absolute Gasteiger partial charge is 0.280 e. The zero-order valence-electron chi connectivity index (χ0n) is 16.1. The minimum Gasteiger partial charge on any atom is -0.325 e. The Balaban J connectivity index is 2.06. The third-order valence-electron chi connectivity index (χ3n) is 3.47. The van der Waals surface area contributed by atoms with Gasteiger partial charge in [-0.1, -0.05) is 11.6 Å². The van der Waals surface area contributed by atoms with E-state index in [1.54, 1.807) is 6.07 Å². The highest BCUT2D eigenvalue weighted by atomic mass is 79.9. The molecule has 2 N–H and O–H groups in total. The van der Waals surface area contributed by atoms with Gasteiger partial charge in [0.2, 0.25) is 5.91 Å². The number of nitrogens with one attached hydrogen (secondary N) is 2. The molecule has 0 bridgehead atoms. The maximum absolute atomic E-state index is 13.3. The fourth-order valence-electron chi connectivity index (χ4n) is 2.15. The molecule has 1 aliphatic rings. The maximum atomic E-state index is 13.3. The first-order valence-corrected chi connectivity index (χ1v) is 10.5. The second-order valence-electron chi connectivity index (χ2n) is 5.20. The van der Waals surface area contributed by atoms with Crippen molar-refractivity contribution in [2.24, 2.45) is 0 Å². The normalized spacial score (nSPS) is 33.1. The van der Waals surface area contributed by atoms with Gasteiger partial charge in [-0.3, -0.25) is 4.79 Å². The molecule has 2 aromatic rings. The van der Waals surface area contributed by atoms with E-state index in [4.69, 9.17) is 15.7 Å². The molecule has 3 atom stereocenters. The summed E-state index contributed by atoms with van der Waals surface area (Å²) in [4.78, 5) is 13.1. The van der Waals surface area contributed by atoms with Crippen LogP contribution in [0.2, 0.25) is 5.02 Å². The molecule has 1 aromatic heterocycles. The minimum atomic E-state index is -4.47. The molecule has 0 spiro atoms. The number of hydrogen-bond acceptors (Lipinski definition) is 4. The summed E-state index contributed by atoms with van der Waals surface area (Å²) in [6.45, 7) is 0. The number of nitrogens with zero attached hydrogens (tertiary/aromatic N) is 1. The number of anilines is 1. The van der Waals surface area contributed by atoms with E-state index in [1.165, 1.54) is 12.1 Å². The van der Waals surface area contributed by atoms with Crippen molar-refractivity contribution in [1.29, 1.82) is 0 Å². The second-order valence-corrected chi connectivity index (χ2v) is 9.78. The largest absolute Gasteiger partial charge is 0.325 e. The van der Waals surface area contributed by atoms with Crippen LogP contribution in [0.5, 0.6) is 0 Å². The fourth-order valence-corrected chi connectivity index (χ4v) is 4.73. The van der Waals surface area contributed by atoms with Crippen LogP contribution in [0.1, 0.15) is 21.4 Å². The topological polar surface area (TPSA) is 78.5 Å². The number of likely N-dealkylation sites (N-methyl/N-ethyl adjacent to an activating group) is 1. The molecule has 6 nitrogen and oxygen atoms in total. The van der Waals surface area contributed by atoms with Crippen LogP contribution in [-0.2, 0) is 15.0 Å². The zero-order chi connectivity index (χ0) is 21.8. The number of hydrogen-bond donors (Lipinski definition) is 2. The summed E-state index contributed by atoms with van der Waals surface area (Å²) in [6.07, 6.45) is -1.88. The highest BCUT2D eigenvalue weighted by molar-refractivity contribution is 9.11. The van der Waals surface area contributed by atoms with Crippen LogP contribution in [0.3, 0.4) is 0 Å². The SMILES string of the molecule is [2H]C1[C@]([2H])(C(=O)Nc2ccc(F)c(Cl)c2)N(C)S(=O)(=O)N[C@]1([2H])c1ccc(Br)s1. The zero-order valence-corrected chi connectivity index (χ0v) is 17.1. The molecule has 3 rings (SSSR count). The number of thiophene rings is 1. The van der Waals surface area contributed by atoms with Crippen LogP contribution in [0.15, 0.2) is 34.1 Å². The Hall–Kier alpha value is -1.04. The molecule has 26 heavy (non-hydrogen) atoms. The lowest BCUT2D eigenvalue weighted by Gasteiger charge is -2.35. The molecule has 1 aliphatic heterocycles. The Morgan fingerprint density at radius 1 is 1.54 bits per heavy atom.